The molecule has 0 aromatic rings. The molecule has 6 unspecified atom stereocenters. The highest BCUT2D eigenvalue weighted by Crippen LogP contribution is 2.31. The second-order valence-electron chi connectivity index (χ2n) is 7.93. The number of aliphatic hydroxyl groups excluding tert-OH is 4. The lowest BCUT2D eigenvalue weighted by atomic mass is 9.84. The Bertz CT molecular complexity index is 615. The van der Waals surface area contributed by atoms with Crippen LogP contribution in [0.2, 0.25) is 0 Å². The summed E-state index contributed by atoms with van der Waals surface area (Å²) in [7, 11) is 3.75. The van der Waals surface area contributed by atoms with Crippen LogP contribution in [0.1, 0.15) is 13.3 Å². The molecule has 2 aliphatic heterocycles. The fraction of sp³-hybridized carbons (Fsp3) is 0.900. The van der Waals surface area contributed by atoms with Crippen LogP contribution in [0.25, 0.3) is 0 Å². The zero-order valence-electron chi connectivity index (χ0n) is 18.7. The largest absolute Gasteiger partial charge is 0.467 e. The number of methoxy groups -OCH3 is 3. The SMILES string of the molecule is CCC1C(C(=O)OC)O[C@@H](COCC2C(C(=O)OC)O[C@H](COC)C(O)[C@@H]2O)C(O)[C@@H]1O. The number of hydrogen-bond donors (Lipinski definition) is 4. The average molecular weight is 466 g/mol. The first-order valence-corrected chi connectivity index (χ1v) is 10.5. The highest BCUT2D eigenvalue weighted by Gasteiger charge is 2.49. The van der Waals surface area contributed by atoms with Crippen molar-refractivity contribution in [1.82, 2.24) is 0 Å². The van der Waals surface area contributed by atoms with Crippen LogP contribution in [0.5, 0.6) is 0 Å². The van der Waals surface area contributed by atoms with Crippen molar-refractivity contribution in [3.63, 3.8) is 0 Å². The molecule has 2 fully saturated rings. The normalized spacial score (nSPS) is 40.0. The van der Waals surface area contributed by atoms with Crippen molar-refractivity contribution in [2.24, 2.45) is 11.8 Å². The van der Waals surface area contributed by atoms with Crippen LogP contribution >= 0.6 is 0 Å². The maximum absolute atomic E-state index is 12.2. The standard InChI is InChI=1S/C20H34O12/c1-5-9-13(21)16(24)12(32-17(9)19(25)28-3)8-30-6-10-14(22)15(23)11(7-27-2)31-18(10)20(26)29-4/h9-18,21-24H,5-8H2,1-4H3/t9?,10?,11-,12+,13-,14-,15?,16?,17?,18?/m1/s1. The Balaban J connectivity index is 2.06. The van der Waals surface area contributed by atoms with E-state index >= 15 is 0 Å². The minimum Gasteiger partial charge on any atom is -0.467 e. The molecule has 186 valence electrons. The Kier molecular flexibility index (Phi) is 10.2. The van der Waals surface area contributed by atoms with Crippen LogP contribution in [0, 0.1) is 11.8 Å². The molecule has 0 aliphatic carbocycles. The summed E-state index contributed by atoms with van der Waals surface area (Å²) in [6, 6.07) is 0. The number of esters is 2. The number of aliphatic hydroxyl groups is 4. The monoisotopic (exact) mass is 466 g/mol. The predicted octanol–water partition coefficient (Wildman–Crippen LogP) is -2.38. The number of rotatable bonds is 9. The van der Waals surface area contributed by atoms with Gasteiger partial charge >= 0.3 is 11.9 Å². The van der Waals surface area contributed by atoms with Gasteiger partial charge in [0.05, 0.1) is 46.2 Å². The molecule has 0 saturated carbocycles. The van der Waals surface area contributed by atoms with Crippen molar-refractivity contribution in [3.8, 4) is 0 Å². The summed E-state index contributed by atoms with van der Waals surface area (Å²) in [5.74, 6) is -3.08. The second-order valence-corrected chi connectivity index (χ2v) is 7.93. The van der Waals surface area contributed by atoms with Gasteiger partial charge in [-0.15, -0.1) is 0 Å². The Morgan fingerprint density at radius 3 is 1.66 bits per heavy atom. The lowest BCUT2D eigenvalue weighted by Crippen LogP contribution is -2.60. The lowest BCUT2D eigenvalue weighted by molar-refractivity contribution is -0.238. The molecule has 4 N–H and O–H groups in total. The van der Waals surface area contributed by atoms with Crippen molar-refractivity contribution in [3.05, 3.63) is 0 Å². The van der Waals surface area contributed by atoms with Gasteiger partial charge in [0.2, 0.25) is 0 Å². The summed E-state index contributed by atoms with van der Waals surface area (Å²) in [6.07, 6.45) is -9.25. The van der Waals surface area contributed by atoms with Crippen LogP contribution in [-0.4, -0.2) is 122 Å². The second kappa shape index (κ2) is 12.2. The third-order valence-corrected chi connectivity index (χ3v) is 6.02. The molecule has 0 amide bonds. The summed E-state index contributed by atoms with van der Waals surface area (Å²) >= 11 is 0. The molecule has 12 heteroatoms. The molecular weight excluding hydrogens is 432 g/mol. The van der Waals surface area contributed by atoms with Crippen molar-refractivity contribution in [2.75, 3.05) is 41.2 Å². The number of ether oxygens (including phenoxy) is 6. The van der Waals surface area contributed by atoms with Crippen molar-refractivity contribution in [1.29, 1.82) is 0 Å². The quantitative estimate of drug-likeness (QED) is 0.266. The summed E-state index contributed by atoms with van der Waals surface area (Å²) < 4.78 is 31.2. The molecule has 0 radical (unpaired) electrons. The van der Waals surface area contributed by atoms with Gasteiger partial charge in [0, 0.05) is 18.9 Å². The van der Waals surface area contributed by atoms with Gasteiger partial charge in [0.1, 0.15) is 24.4 Å². The zero-order valence-corrected chi connectivity index (χ0v) is 18.7. The first kappa shape index (κ1) is 26.9. The van der Waals surface area contributed by atoms with Gasteiger partial charge in [-0.2, -0.15) is 0 Å². The Labute approximate surface area is 186 Å². The highest BCUT2D eigenvalue weighted by atomic mass is 16.6. The van der Waals surface area contributed by atoms with E-state index in [0.717, 1.165) is 7.11 Å². The van der Waals surface area contributed by atoms with Gasteiger partial charge in [-0.05, 0) is 6.42 Å². The van der Waals surface area contributed by atoms with Crippen LogP contribution in [-0.2, 0) is 38.0 Å². The smallest absolute Gasteiger partial charge is 0.335 e. The van der Waals surface area contributed by atoms with Crippen LogP contribution in [0.4, 0.5) is 0 Å². The Hall–Kier alpha value is -1.38. The van der Waals surface area contributed by atoms with Crippen molar-refractivity contribution < 1.29 is 58.4 Å². The fourth-order valence-electron chi connectivity index (χ4n) is 4.14. The van der Waals surface area contributed by atoms with E-state index in [4.69, 9.17) is 28.4 Å². The van der Waals surface area contributed by atoms with E-state index in [1.807, 2.05) is 0 Å². The van der Waals surface area contributed by atoms with E-state index in [1.165, 1.54) is 14.2 Å². The molecule has 10 atom stereocenters. The Morgan fingerprint density at radius 1 is 0.719 bits per heavy atom. The Morgan fingerprint density at radius 2 is 1.19 bits per heavy atom. The molecule has 2 aliphatic rings. The van der Waals surface area contributed by atoms with Gasteiger partial charge in [0.15, 0.2) is 12.2 Å². The summed E-state index contributed by atoms with van der Waals surface area (Å²) in [5, 5.41) is 41.7. The van der Waals surface area contributed by atoms with E-state index in [0.29, 0.717) is 6.42 Å². The number of carbonyl (C=O) groups is 2. The van der Waals surface area contributed by atoms with E-state index in [1.54, 1.807) is 6.92 Å². The van der Waals surface area contributed by atoms with E-state index in [2.05, 4.69) is 0 Å². The lowest BCUT2D eigenvalue weighted by Gasteiger charge is -2.43. The maximum Gasteiger partial charge on any atom is 0.335 e. The molecule has 0 aromatic carbocycles. The van der Waals surface area contributed by atoms with Crippen LogP contribution in [0.3, 0.4) is 0 Å². The van der Waals surface area contributed by atoms with Gasteiger partial charge < -0.3 is 48.8 Å². The van der Waals surface area contributed by atoms with Gasteiger partial charge in [-0.25, -0.2) is 9.59 Å². The minimum absolute atomic E-state index is 0.0488. The van der Waals surface area contributed by atoms with Crippen LogP contribution in [0.15, 0.2) is 0 Å². The number of hydrogen-bond acceptors (Lipinski definition) is 12. The van der Waals surface area contributed by atoms with Gasteiger partial charge in [0.25, 0.3) is 0 Å². The van der Waals surface area contributed by atoms with Crippen molar-refractivity contribution in [2.45, 2.75) is 62.2 Å². The maximum atomic E-state index is 12.2. The summed E-state index contributed by atoms with van der Waals surface area (Å²) in [6.45, 7) is 1.17. The predicted molar refractivity (Wildman–Crippen MR) is 105 cm³/mol. The molecule has 32 heavy (non-hydrogen) atoms. The van der Waals surface area contributed by atoms with Crippen LogP contribution < -0.4 is 0 Å². The summed E-state index contributed by atoms with van der Waals surface area (Å²) in [4.78, 5) is 24.2. The van der Waals surface area contributed by atoms with Crippen molar-refractivity contribution >= 4 is 11.9 Å². The molecule has 2 saturated heterocycles. The zero-order chi connectivity index (χ0) is 24.0. The minimum atomic E-state index is -1.39. The third-order valence-electron chi connectivity index (χ3n) is 6.02. The topological polar surface area (TPSA) is 170 Å². The molecule has 0 bridgehead atoms. The molecule has 0 aromatic heterocycles. The fourth-order valence-corrected chi connectivity index (χ4v) is 4.14. The van der Waals surface area contributed by atoms with Gasteiger partial charge in [-0.3, -0.25) is 0 Å². The molecule has 12 nitrogen and oxygen atoms in total. The molecule has 0 spiro atoms. The van der Waals surface area contributed by atoms with E-state index < -0.39 is 72.6 Å². The van der Waals surface area contributed by atoms with E-state index in [9.17, 15) is 30.0 Å². The number of carbonyl (C=O) groups excluding carboxylic acids is 2. The first-order chi connectivity index (χ1) is 15.2. The molecular formula is C20H34O12. The van der Waals surface area contributed by atoms with Gasteiger partial charge in [-0.1, -0.05) is 6.92 Å². The first-order valence-electron chi connectivity index (χ1n) is 10.5. The van der Waals surface area contributed by atoms with E-state index in [-0.39, 0.29) is 19.8 Å². The highest BCUT2D eigenvalue weighted by molar-refractivity contribution is 5.75. The molecule has 2 rings (SSSR count). The summed E-state index contributed by atoms with van der Waals surface area (Å²) in [5.41, 5.74) is 0. The third kappa shape index (κ3) is 5.75. The average Bonchev–Trinajstić information content (AvgIpc) is 2.79. The molecule has 2 heterocycles.